The Hall–Kier alpha value is -1.60. The second kappa shape index (κ2) is 9.06. The van der Waals surface area contributed by atoms with Gasteiger partial charge in [-0.1, -0.05) is 59.6 Å². The highest BCUT2D eigenvalue weighted by molar-refractivity contribution is 9.10. The molecule has 0 saturated carbocycles. The number of halogens is 3. The van der Waals surface area contributed by atoms with Crippen LogP contribution in [0.3, 0.4) is 0 Å². The van der Waals surface area contributed by atoms with E-state index in [-0.39, 0.29) is 6.04 Å². The van der Waals surface area contributed by atoms with Crippen LogP contribution in [0.15, 0.2) is 59.2 Å². The Morgan fingerprint density at radius 3 is 2.63 bits per heavy atom. The number of rotatable bonds is 5. The molecule has 0 bridgehead atoms. The molecular formula is C19H17BrCl2N4S. The molecule has 0 saturated heterocycles. The van der Waals surface area contributed by atoms with E-state index in [0.29, 0.717) is 27.5 Å². The number of thiocarbonyl (C=S) groups is 1. The summed E-state index contributed by atoms with van der Waals surface area (Å²) in [5, 5.41) is 12.5. The third-order valence-corrected chi connectivity index (χ3v) is 5.46. The summed E-state index contributed by atoms with van der Waals surface area (Å²) in [5.74, 6) is 0.646. The zero-order valence-electron chi connectivity index (χ0n) is 14.4. The lowest BCUT2D eigenvalue weighted by Gasteiger charge is -2.16. The molecule has 27 heavy (non-hydrogen) atoms. The van der Waals surface area contributed by atoms with E-state index in [9.17, 15) is 0 Å². The van der Waals surface area contributed by atoms with Crippen LogP contribution in [0.5, 0.6) is 0 Å². The van der Waals surface area contributed by atoms with Gasteiger partial charge in [0.05, 0.1) is 27.1 Å². The molecule has 8 heteroatoms. The first-order valence-corrected chi connectivity index (χ1v) is 10.2. The SMILES string of the molecule is CC(NC(=S)Nc1nn(Cc2ccc(Cl)c(Cl)c2)cc1Br)c1ccccc1. The van der Waals surface area contributed by atoms with Crippen molar-refractivity contribution in [3.63, 3.8) is 0 Å². The fourth-order valence-electron chi connectivity index (χ4n) is 2.55. The molecule has 0 aliphatic rings. The Morgan fingerprint density at radius 2 is 1.93 bits per heavy atom. The van der Waals surface area contributed by atoms with Gasteiger partial charge in [-0.05, 0) is 58.3 Å². The fourth-order valence-corrected chi connectivity index (χ4v) is 3.56. The van der Waals surface area contributed by atoms with Crippen LogP contribution < -0.4 is 10.6 Å². The van der Waals surface area contributed by atoms with Crippen molar-refractivity contribution in [3.8, 4) is 0 Å². The average Bonchev–Trinajstić information content (AvgIpc) is 2.97. The summed E-state index contributed by atoms with van der Waals surface area (Å²) in [6, 6.07) is 15.7. The van der Waals surface area contributed by atoms with Crippen LogP contribution in [-0.2, 0) is 6.54 Å². The summed E-state index contributed by atoms with van der Waals surface area (Å²) in [6.45, 7) is 2.62. The number of nitrogens with one attached hydrogen (secondary N) is 2. The maximum atomic E-state index is 6.08. The maximum Gasteiger partial charge on any atom is 0.172 e. The quantitative estimate of drug-likeness (QED) is 0.433. The molecule has 0 amide bonds. The van der Waals surface area contributed by atoms with Crippen molar-refractivity contribution in [1.29, 1.82) is 0 Å². The third kappa shape index (κ3) is 5.45. The summed E-state index contributed by atoms with van der Waals surface area (Å²) < 4.78 is 2.62. The Morgan fingerprint density at radius 1 is 1.19 bits per heavy atom. The minimum atomic E-state index is 0.0864. The van der Waals surface area contributed by atoms with Crippen molar-refractivity contribution in [3.05, 3.63) is 80.4 Å². The molecular weight excluding hydrogens is 467 g/mol. The predicted molar refractivity (Wildman–Crippen MR) is 120 cm³/mol. The maximum absolute atomic E-state index is 6.08. The molecule has 1 heterocycles. The van der Waals surface area contributed by atoms with Gasteiger partial charge < -0.3 is 10.6 Å². The van der Waals surface area contributed by atoms with Crippen molar-refractivity contribution >= 4 is 62.3 Å². The smallest absolute Gasteiger partial charge is 0.172 e. The van der Waals surface area contributed by atoms with Crippen LogP contribution in [0.1, 0.15) is 24.1 Å². The number of aromatic nitrogens is 2. The largest absolute Gasteiger partial charge is 0.356 e. The summed E-state index contributed by atoms with van der Waals surface area (Å²) >= 11 is 21.0. The summed E-state index contributed by atoms with van der Waals surface area (Å²) in [4.78, 5) is 0. The summed E-state index contributed by atoms with van der Waals surface area (Å²) in [7, 11) is 0. The van der Waals surface area contributed by atoms with E-state index in [2.05, 4.69) is 50.7 Å². The lowest BCUT2D eigenvalue weighted by molar-refractivity contribution is 0.688. The van der Waals surface area contributed by atoms with Crippen molar-refractivity contribution in [2.75, 3.05) is 5.32 Å². The van der Waals surface area contributed by atoms with Gasteiger partial charge in [0.2, 0.25) is 0 Å². The second-order valence-electron chi connectivity index (χ2n) is 6.00. The number of benzene rings is 2. The molecule has 1 atom stereocenters. The van der Waals surface area contributed by atoms with Crippen LogP contribution in [0.4, 0.5) is 5.82 Å². The minimum Gasteiger partial charge on any atom is -0.356 e. The Labute approximate surface area is 182 Å². The first kappa shape index (κ1) is 20.1. The highest BCUT2D eigenvalue weighted by Gasteiger charge is 2.11. The standard InChI is InChI=1S/C19H17BrCl2N4S/c1-12(14-5-3-2-4-6-14)23-19(27)24-18-15(20)11-26(25-18)10-13-7-8-16(21)17(22)9-13/h2-9,11-12H,10H2,1H3,(H2,23,24,25,27). The van der Waals surface area contributed by atoms with E-state index in [1.54, 1.807) is 10.7 Å². The predicted octanol–water partition coefficient (Wildman–Crippen LogP) is 6.05. The number of nitrogens with zero attached hydrogens (tertiary/aromatic N) is 2. The van der Waals surface area contributed by atoms with Gasteiger partial charge in [0.25, 0.3) is 0 Å². The molecule has 0 fully saturated rings. The molecule has 0 aliphatic heterocycles. The molecule has 1 aromatic heterocycles. The van der Waals surface area contributed by atoms with Gasteiger partial charge in [-0.2, -0.15) is 5.10 Å². The fraction of sp³-hybridized carbons (Fsp3) is 0.158. The highest BCUT2D eigenvalue weighted by atomic mass is 79.9. The Kier molecular flexibility index (Phi) is 6.76. The number of hydrogen-bond acceptors (Lipinski definition) is 2. The molecule has 0 aliphatic carbocycles. The third-order valence-electron chi connectivity index (χ3n) is 3.92. The molecule has 0 radical (unpaired) electrons. The summed E-state index contributed by atoms with van der Waals surface area (Å²) in [5.41, 5.74) is 2.16. The van der Waals surface area contributed by atoms with Crippen LogP contribution in [-0.4, -0.2) is 14.9 Å². The van der Waals surface area contributed by atoms with Crippen molar-refractivity contribution in [1.82, 2.24) is 15.1 Å². The van der Waals surface area contributed by atoms with Crippen molar-refractivity contribution in [2.45, 2.75) is 19.5 Å². The van der Waals surface area contributed by atoms with E-state index in [0.717, 1.165) is 15.6 Å². The average molecular weight is 484 g/mol. The van der Waals surface area contributed by atoms with Gasteiger partial charge in [-0.3, -0.25) is 4.68 Å². The van der Waals surface area contributed by atoms with E-state index < -0.39 is 0 Å². The number of hydrogen-bond donors (Lipinski definition) is 2. The highest BCUT2D eigenvalue weighted by Crippen LogP contribution is 2.25. The van der Waals surface area contributed by atoms with Gasteiger partial charge in [0.15, 0.2) is 10.9 Å². The van der Waals surface area contributed by atoms with E-state index in [1.807, 2.05) is 36.5 Å². The first-order chi connectivity index (χ1) is 12.9. The van der Waals surface area contributed by atoms with E-state index in [1.165, 1.54) is 0 Å². The van der Waals surface area contributed by atoms with Gasteiger partial charge in [-0.25, -0.2) is 0 Å². The van der Waals surface area contributed by atoms with E-state index >= 15 is 0 Å². The second-order valence-corrected chi connectivity index (χ2v) is 8.08. The summed E-state index contributed by atoms with van der Waals surface area (Å²) in [6.07, 6.45) is 1.88. The Bertz CT molecular complexity index is 946. The zero-order valence-corrected chi connectivity index (χ0v) is 18.3. The van der Waals surface area contributed by atoms with E-state index in [4.69, 9.17) is 35.4 Å². The zero-order chi connectivity index (χ0) is 19.4. The van der Waals surface area contributed by atoms with Crippen LogP contribution in [0.25, 0.3) is 0 Å². The lowest BCUT2D eigenvalue weighted by atomic mass is 10.1. The van der Waals surface area contributed by atoms with Gasteiger partial charge in [0, 0.05) is 6.20 Å². The topological polar surface area (TPSA) is 41.9 Å². The Balaban J connectivity index is 1.64. The van der Waals surface area contributed by atoms with Gasteiger partial charge >= 0.3 is 0 Å². The van der Waals surface area contributed by atoms with Crippen molar-refractivity contribution < 1.29 is 0 Å². The van der Waals surface area contributed by atoms with Crippen molar-refractivity contribution in [2.24, 2.45) is 0 Å². The molecule has 4 nitrogen and oxygen atoms in total. The molecule has 3 aromatic rings. The van der Waals surface area contributed by atoms with Gasteiger partial charge in [-0.15, -0.1) is 0 Å². The molecule has 1 unspecified atom stereocenters. The van der Waals surface area contributed by atoms with Crippen LogP contribution >= 0.6 is 51.3 Å². The minimum absolute atomic E-state index is 0.0864. The first-order valence-electron chi connectivity index (χ1n) is 8.21. The monoisotopic (exact) mass is 482 g/mol. The lowest BCUT2D eigenvalue weighted by Crippen LogP contribution is -2.31. The molecule has 3 rings (SSSR count). The normalized spacial score (nSPS) is 11.9. The molecule has 2 N–H and O–H groups in total. The van der Waals surface area contributed by atoms with Crippen LogP contribution in [0.2, 0.25) is 10.0 Å². The number of anilines is 1. The van der Waals surface area contributed by atoms with Crippen LogP contribution in [0, 0.1) is 0 Å². The van der Waals surface area contributed by atoms with Gasteiger partial charge in [0.1, 0.15) is 0 Å². The molecule has 140 valence electrons. The molecule has 0 spiro atoms. The molecule has 2 aromatic carbocycles.